The lowest BCUT2D eigenvalue weighted by molar-refractivity contribution is 0.0577. The van der Waals surface area contributed by atoms with Gasteiger partial charge in [-0.3, -0.25) is 9.67 Å². The van der Waals surface area contributed by atoms with E-state index in [1.165, 1.54) is 6.20 Å². The number of aliphatic hydroxyl groups is 1. The van der Waals surface area contributed by atoms with Gasteiger partial charge < -0.3 is 15.4 Å². The second-order valence-corrected chi connectivity index (χ2v) is 8.72. The first kappa shape index (κ1) is 21.6. The van der Waals surface area contributed by atoms with Crippen molar-refractivity contribution in [2.24, 2.45) is 5.92 Å². The van der Waals surface area contributed by atoms with Gasteiger partial charge in [-0.25, -0.2) is 9.97 Å². The minimum absolute atomic E-state index is 0.0991. The van der Waals surface area contributed by atoms with E-state index in [4.69, 9.17) is 10.3 Å². The summed E-state index contributed by atoms with van der Waals surface area (Å²) in [4.78, 5) is 17.5. The molecular formula is C22H26N8O2. The predicted octanol–water partition coefficient (Wildman–Crippen LogP) is 2.93. The van der Waals surface area contributed by atoms with Crippen LogP contribution in [0.4, 0.5) is 5.82 Å². The maximum absolute atomic E-state index is 9.99. The number of rotatable bonds is 7. The fourth-order valence-electron chi connectivity index (χ4n) is 3.48. The van der Waals surface area contributed by atoms with Crippen LogP contribution in [0.15, 0.2) is 47.6 Å². The molecule has 4 aromatic heterocycles. The molecule has 0 aliphatic carbocycles. The van der Waals surface area contributed by atoms with Gasteiger partial charge in [0.2, 0.25) is 0 Å². The molecular weight excluding hydrogens is 408 g/mol. The van der Waals surface area contributed by atoms with Gasteiger partial charge in [-0.2, -0.15) is 10.1 Å². The van der Waals surface area contributed by atoms with Crippen LogP contribution in [-0.2, 0) is 6.54 Å². The molecule has 4 heterocycles. The lowest BCUT2D eigenvalue weighted by atomic mass is 9.88. The highest BCUT2D eigenvalue weighted by atomic mass is 16.5. The molecule has 0 amide bonds. The van der Waals surface area contributed by atoms with Crippen LogP contribution >= 0.6 is 0 Å². The number of aromatic nitrogens is 7. The normalized spacial score (nSPS) is 12.9. The van der Waals surface area contributed by atoms with Crippen molar-refractivity contribution >= 4 is 5.82 Å². The second-order valence-electron chi connectivity index (χ2n) is 8.72. The van der Waals surface area contributed by atoms with E-state index in [2.05, 4.69) is 44.0 Å². The van der Waals surface area contributed by atoms with E-state index in [1.807, 2.05) is 12.1 Å². The SMILES string of the molecule is CC(C)C(c1ccc(-c2cnc(N)cn2)nc1)c1noc(-c2cnn(CC(C)(C)O)c2)n1. The Balaban J connectivity index is 1.57. The van der Waals surface area contributed by atoms with E-state index in [0.717, 1.165) is 5.56 Å². The van der Waals surface area contributed by atoms with Gasteiger partial charge in [0.05, 0.1) is 47.9 Å². The molecule has 0 aliphatic heterocycles. The van der Waals surface area contributed by atoms with E-state index in [0.29, 0.717) is 41.0 Å². The summed E-state index contributed by atoms with van der Waals surface area (Å²) in [5.41, 5.74) is 7.76. The van der Waals surface area contributed by atoms with Crippen molar-refractivity contribution in [1.29, 1.82) is 0 Å². The third kappa shape index (κ3) is 4.80. The summed E-state index contributed by atoms with van der Waals surface area (Å²) in [6.45, 7) is 8.01. The van der Waals surface area contributed by atoms with E-state index in [1.54, 1.807) is 43.3 Å². The van der Waals surface area contributed by atoms with Crippen LogP contribution in [-0.4, -0.2) is 45.6 Å². The summed E-state index contributed by atoms with van der Waals surface area (Å²) < 4.78 is 7.18. The van der Waals surface area contributed by atoms with Gasteiger partial charge >= 0.3 is 0 Å². The molecule has 1 atom stereocenters. The lowest BCUT2D eigenvalue weighted by Crippen LogP contribution is -2.26. The van der Waals surface area contributed by atoms with Gasteiger partial charge in [-0.05, 0) is 31.4 Å². The largest absolute Gasteiger partial charge is 0.389 e. The minimum atomic E-state index is -0.872. The van der Waals surface area contributed by atoms with Crippen molar-refractivity contribution in [3.05, 3.63) is 54.5 Å². The molecule has 10 heteroatoms. The van der Waals surface area contributed by atoms with Crippen LogP contribution in [0.3, 0.4) is 0 Å². The molecule has 0 aliphatic rings. The summed E-state index contributed by atoms with van der Waals surface area (Å²) >= 11 is 0. The summed E-state index contributed by atoms with van der Waals surface area (Å²) in [5.74, 6) is 1.44. The molecule has 1 unspecified atom stereocenters. The summed E-state index contributed by atoms with van der Waals surface area (Å²) in [6.07, 6.45) is 8.34. The van der Waals surface area contributed by atoms with Crippen LogP contribution in [0, 0.1) is 5.92 Å². The van der Waals surface area contributed by atoms with E-state index in [9.17, 15) is 5.11 Å². The van der Waals surface area contributed by atoms with Gasteiger partial charge in [0.1, 0.15) is 11.5 Å². The minimum Gasteiger partial charge on any atom is -0.389 e. The molecule has 0 saturated heterocycles. The molecule has 0 bridgehead atoms. The third-order valence-electron chi connectivity index (χ3n) is 4.90. The smallest absolute Gasteiger partial charge is 0.261 e. The number of hydrogen-bond donors (Lipinski definition) is 2. The molecule has 0 spiro atoms. The fraction of sp³-hybridized carbons (Fsp3) is 0.364. The summed E-state index contributed by atoms with van der Waals surface area (Å²) in [6, 6.07) is 3.88. The first-order valence-corrected chi connectivity index (χ1v) is 10.3. The Labute approximate surface area is 185 Å². The van der Waals surface area contributed by atoms with E-state index in [-0.39, 0.29) is 11.8 Å². The molecule has 0 fully saturated rings. The highest BCUT2D eigenvalue weighted by Gasteiger charge is 2.25. The molecule has 32 heavy (non-hydrogen) atoms. The number of nitrogens with zero attached hydrogens (tertiary/aromatic N) is 7. The zero-order valence-electron chi connectivity index (χ0n) is 18.5. The number of nitrogen functional groups attached to an aromatic ring is 1. The zero-order valence-corrected chi connectivity index (χ0v) is 18.5. The molecule has 10 nitrogen and oxygen atoms in total. The van der Waals surface area contributed by atoms with Gasteiger partial charge in [0, 0.05) is 12.4 Å². The molecule has 3 N–H and O–H groups in total. The van der Waals surface area contributed by atoms with Crippen LogP contribution in [0.1, 0.15) is 45.0 Å². The van der Waals surface area contributed by atoms with Crippen molar-refractivity contribution in [3.63, 3.8) is 0 Å². The zero-order chi connectivity index (χ0) is 22.9. The Kier molecular flexibility index (Phi) is 5.70. The number of nitrogens with two attached hydrogens (primary N) is 1. The molecule has 0 saturated carbocycles. The Morgan fingerprint density at radius 3 is 2.47 bits per heavy atom. The van der Waals surface area contributed by atoms with Crippen LogP contribution in [0.2, 0.25) is 0 Å². The molecule has 4 aromatic rings. The first-order chi connectivity index (χ1) is 15.2. The Morgan fingerprint density at radius 1 is 1.06 bits per heavy atom. The van der Waals surface area contributed by atoms with Gasteiger partial charge in [0.25, 0.3) is 5.89 Å². The third-order valence-corrected chi connectivity index (χ3v) is 4.90. The monoisotopic (exact) mass is 434 g/mol. The highest BCUT2D eigenvalue weighted by molar-refractivity contribution is 5.54. The van der Waals surface area contributed by atoms with Crippen LogP contribution in [0.5, 0.6) is 0 Å². The quantitative estimate of drug-likeness (QED) is 0.449. The van der Waals surface area contributed by atoms with Crippen LogP contribution < -0.4 is 5.73 Å². The van der Waals surface area contributed by atoms with Crippen molar-refractivity contribution in [2.75, 3.05) is 5.73 Å². The Bertz CT molecular complexity index is 1170. The van der Waals surface area contributed by atoms with Crippen molar-refractivity contribution in [3.8, 4) is 22.8 Å². The Hall–Kier alpha value is -3.66. The highest BCUT2D eigenvalue weighted by Crippen LogP contribution is 2.32. The summed E-state index contributed by atoms with van der Waals surface area (Å²) in [7, 11) is 0. The average Bonchev–Trinajstić information content (AvgIpc) is 3.38. The predicted molar refractivity (Wildman–Crippen MR) is 118 cm³/mol. The Morgan fingerprint density at radius 2 is 1.84 bits per heavy atom. The van der Waals surface area contributed by atoms with Crippen LogP contribution in [0.25, 0.3) is 22.8 Å². The van der Waals surface area contributed by atoms with E-state index < -0.39 is 5.60 Å². The molecule has 0 radical (unpaired) electrons. The number of anilines is 1. The molecule has 166 valence electrons. The fourth-order valence-corrected chi connectivity index (χ4v) is 3.48. The van der Waals surface area contributed by atoms with Gasteiger partial charge in [0.15, 0.2) is 5.82 Å². The first-order valence-electron chi connectivity index (χ1n) is 10.3. The molecule has 0 aromatic carbocycles. The maximum Gasteiger partial charge on any atom is 0.261 e. The topological polar surface area (TPSA) is 142 Å². The van der Waals surface area contributed by atoms with Crippen molar-refractivity contribution < 1.29 is 9.63 Å². The van der Waals surface area contributed by atoms with Gasteiger partial charge in [-0.15, -0.1) is 0 Å². The standard InChI is InChI=1S/C22H26N8O2/c1-13(2)19(14-5-6-16(24-7-14)17-9-26-18(23)10-25-17)20-28-21(32-29-20)15-8-27-30(11-15)12-22(3,4)31/h5-11,13,19,31H,12H2,1-4H3,(H2,23,26). The van der Waals surface area contributed by atoms with Gasteiger partial charge in [-0.1, -0.05) is 25.1 Å². The number of hydrogen-bond acceptors (Lipinski definition) is 9. The van der Waals surface area contributed by atoms with E-state index >= 15 is 0 Å². The maximum atomic E-state index is 9.99. The lowest BCUT2D eigenvalue weighted by Gasteiger charge is -2.17. The summed E-state index contributed by atoms with van der Waals surface area (Å²) in [5, 5.41) is 18.5. The number of pyridine rings is 1. The van der Waals surface area contributed by atoms with Crippen molar-refractivity contribution in [2.45, 2.75) is 45.8 Å². The van der Waals surface area contributed by atoms with Crippen molar-refractivity contribution in [1.82, 2.24) is 34.9 Å². The average molecular weight is 435 g/mol. The molecule has 4 rings (SSSR count). The second kappa shape index (κ2) is 8.46.